The number of nitrogens with zero attached hydrogens (tertiary/aromatic N) is 1. The first-order valence-electron chi connectivity index (χ1n) is 8.80. The highest BCUT2D eigenvalue weighted by molar-refractivity contribution is 7.99. The Balaban J connectivity index is 1.65. The van der Waals surface area contributed by atoms with Crippen LogP contribution >= 0.6 is 11.8 Å². The Morgan fingerprint density at radius 2 is 1.96 bits per heavy atom. The molecule has 0 radical (unpaired) electrons. The van der Waals surface area contributed by atoms with Crippen LogP contribution < -0.4 is 0 Å². The number of nitriles is 1. The first-order valence-corrected chi connectivity index (χ1v) is 9.62. The van der Waals surface area contributed by atoms with Crippen molar-refractivity contribution in [1.29, 1.82) is 5.26 Å². The average Bonchev–Trinajstić information content (AvgIpc) is 3.11. The highest BCUT2D eigenvalue weighted by Gasteiger charge is 2.37. The average molecular weight is 351 g/mol. The fourth-order valence-corrected chi connectivity index (χ4v) is 4.84. The molecule has 0 bridgehead atoms. The second kappa shape index (κ2) is 7.21. The van der Waals surface area contributed by atoms with Crippen molar-refractivity contribution in [2.75, 3.05) is 13.2 Å². The summed E-state index contributed by atoms with van der Waals surface area (Å²) in [4.78, 5) is 2.42. The zero-order chi connectivity index (χ0) is 17.1. The lowest BCUT2D eigenvalue weighted by Gasteiger charge is -2.28. The summed E-state index contributed by atoms with van der Waals surface area (Å²) in [7, 11) is 0. The Morgan fingerprint density at radius 3 is 2.76 bits per heavy atom. The van der Waals surface area contributed by atoms with Crippen LogP contribution in [-0.4, -0.2) is 19.5 Å². The third-order valence-corrected chi connectivity index (χ3v) is 6.22. The van der Waals surface area contributed by atoms with E-state index < -0.39 is 5.41 Å². The smallest absolute Gasteiger partial charge is 0.157 e. The van der Waals surface area contributed by atoms with Crippen molar-refractivity contribution < 1.29 is 9.47 Å². The summed E-state index contributed by atoms with van der Waals surface area (Å²) in [5, 5.41) is 10.2. The fourth-order valence-electron chi connectivity index (χ4n) is 3.66. The summed E-state index contributed by atoms with van der Waals surface area (Å²) in [6.07, 6.45) is 3.31. The zero-order valence-corrected chi connectivity index (χ0v) is 14.9. The Hall–Kier alpha value is -1.80. The minimum absolute atomic E-state index is 0.0987. The normalized spacial score (nSPS) is 24.8. The predicted molar refractivity (Wildman–Crippen MR) is 97.5 cm³/mol. The summed E-state index contributed by atoms with van der Waals surface area (Å²) in [5.41, 5.74) is 1.80. The molecule has 2 aliphatic heterocycles. The van der Waals surface area contributed by atoms with Crippen LogP contribution in [-0.2, 0) is 21.3 Å². The maximum Gasteiger partial charge on any atom is 0.157 e. The van der Waals surface area contributed by atoms with Gasteiger partial charge in [0.2, 0.25) is 0 Å². The fraction of sp³-hybridized carbons (Fsp3) is 0.381. The van der Waals surface area contributed by atoms with Gasteiger partial charge in [0.15, 0.2) is 6.29 Å². The number of fused-ring (bicyclic) bond motifs is 2. The SMILES string of the molecule is N#CC1(CCOC2CCCO2)Cc2ccccc2Sc2ccccc21. The van der Waals surface area contributed by atoms with Gasteiger partial charge in [0.1, 0.15) is 0 Å². The number of hydrogen-bond donors (Lipinski definition) is 0. The maximum atomic E-state index is 10.2. The summed E-state index contributed by atoms with van der Waals surface area (Å²) < 4.78 is 11.4. The van der Waals surface area contributed by atoms with E-state index in [9.17, 15) is 5.26 Å². The van der Waals surface area contributed by atoms with Crippen LogP contribution in [0.1, 0.15) is 30.4 Å². The van der Waals surface area contributed by atoms with Crippen LogP contribution in [0.25, 0.3) is 0 Å². The van der Waals surface area contributed by atoms with Crippen molar-refractivity contribution in [2.45, 2.75) is 47.2 Å². The molecule has 3 nitrogen and oxygen atoms in total. The van der Waals surface area contributed by atoms with Gasteiger partial charge in [-0.1, -0.05) is 48.2 Å². The van der Waals surface area contributed by atoms with E-state index in [1.807, 2.05) is 12.1 Å². The van der Waals surface area contributed by atoms with Crippen molar-refractivity contribution in [3.8, 4) is 6.07 Å². The topological polar surface area (TPSA) is 42.2 Å². The third kappa shape index (κ3) is 3.32. The van der Waals surface area contributed by atoms with Gasteiger partial charge in [-0.25, -0.2) is 0 Å². The van der Waals surface area contributed by atoms with Crippen molar-refractivity contribution in [2.24, 2.45) is 0 Å². The van der Waals surface area contributed by atoms with Crippen molar-refractivity contribution >= 4 is 11.8 Å². The van der Waals surface area contributed by atoms with Crippen molar-refractivity contribution in [3.63, 3.8) is 0 Å². The molecule has 2 atom stereocenters. The van der Waals surface area contributed by atoms with Gasteiger partial charge in [-0.3, -0.25) is 0 Å². The molecule has 128 valence electrons. The molecule has 0 aromatic heterocycles. The molecule has 25 heavy (non-hydrogen) atoms. The van der Waals surface area contributed by atoms with E-state index in [1.165, 1.54) is 15.4 Å². The minimum Gasteiger partial charge on any atom is -0.353 e. The van der Waals surface area contributed by atoms with Gasteiger partial charge in [0.05, 0.1) is 18.1 Å². The summed E-state index contributed by atoms with van der Waals surface area (Å²) in [6, 6.07) is 19.3. The minimum atomic E-state index is -0.561. The molecule has 0 spiro atoms. The van der Waals surface area contributed by atoms with Gasteiger partial charge >= 0.3 is 0 Å². The van der Waals surface area contributed by atoms with Gasteiger partial charge in [-0.05, 0) is 42.5 Å². The Kier molecular flexibility index (Phi) is 4.80. The van der Waals surface area contributed by atoms with E-state index in [-0.39, 0.29) is 6.29 Å². The van der Waals surface area contributed by atoms with Crippen molar-refractivity contribution in [1.82, 2.24) is 0 Å². The Labute approximate surface area is 153 Å². The highest BCUT2D eigenvalue weighted by Crippen LogP contribution is 2.45. The second-order valence-electron chi connectivity index (χ2n) is 6.64. The van der Waals surface area contributed by atoms with Gasteiger partial charge in [-0.2, -0.15) is 5.26 Å². The van der Waals surface area contributed by atoms with Crippen LogP contribution in [0, 0.1) is 11.3 Å². The van der Waals surface area contributed by atoms with Crippen LogP contribution in [0.2, 0.25) is 0 Å². The van der Waals surface area contributed by atoms with E-state index in [1.54, 1.807) is 11.8 Å². The van der Waals surface area contributed by atoms with Gasteiger partial charge in [0.25, 0.3) is 0 Å². The molecule has 2 aliphatic rings. The van der Waals surface area contributed by atoms with Crippen molar-refractivity contribution in [3.05, 3.63) is 59.7 Å². The van der Waals surface area contributed by atoms with Crippen LogP contribution in [0.5, 0.6) is 0 Å². The second-order valence-corrected chi connectivity index (χ2v) is 7.72. The number of hydrogen-bond acceptors (Lipinski definition) is 4. The van der Waals surface area contributed by atoms with Crippen LogP contribution in [0.15, 0.2) is 58.3 Å². The third-order valence-electron chi connectivity index (χ3n) is 5.02. The number of rotatable bonds is 4. The predicted octanol–water partition coefficient (Wildman–Crippen LogP) is 4.70. The summed E-state index contributed by atoms with van der Waals surface area (Å²) in [5.74, 6) is 0. The number of benzene rings is 2. The lowest BCUT2D eigenvalue weighted by molar-refractivity contribution is -0.113. The monoisotopic (exact) mass is 351 g/mol. The molecule has 0 amide bonds. The maximum absolute atomic E-state index is 10.2. The van der Waals surface area contributed by atoms with E-state index >= 15 is 0 Å². The van der Waals surface area contributed by atoms with Gasteiger partial charge in [0, 0.05) is 22.8 Å². The van der Waals surface area contributed by atoms with E-state index in [0.29, 0.717) is 13.0 Å². The molecule has 4 heteroatoms. The molecule has 4 rings (SSSR count). The largest absolute Gasteiger partial charge is 0.353 e. The molecule has 2 aromatic carbocycles. The standard InChI is InChI=1S/C21H21NO2S/c22-15-21(11-13-24-20-10-5-12-23-20)14-16-6-1-3-8-18(16)25-19-9-4-2-7-17(19)21/h1-4,6-9,20H,5,10-14H2. The Bertz CT molecular complexity index is 794. The molecular formula is C21H21NO2S. The zero-order valence-electron chi connectivity index (χ0n) is 14.1. The summed E-state index contributed by atoms with van der Waals surface area (Å²) in [6.45, 7) is 1.32. The highest BCUT2D eigenvalue weighted by atomic mass is 32.2. The molecule has 1 saturated heterocycles. The first-order chi connectivity index (χ1) is 12.3. The van der Waals surface area contributed by atoms with E-state index in [0.717, 1.165) is 31.4 Å². The van der Waals surface area contributed by atoms with Crippen LogP contribution in [0.4, 0.5) is 0 Å². The lowest BCUT2D eigenvalue weighted by atomic mass is 9.74. The molecular weight excluding hydrogens is 330 g/mol. The van der Waals surface area contributed by atoms with Gasteiger partial charge in [-0.15, -0.1) is 0 Å². The van der Waals surface area contributed by atoms with E-state index in [4.69, 9.17) is 9.47 Å². The summed E-state index contributed by atoms with van der Waals surface area (Å²) >= 11 is 1.76. The van der Waals surface area contributed by atoms with Crippen LogP contribution in [0.3, 0.4) is 0 Å². The first kappa shape index (κ1) is 16.7. The lowest BCUT2D eigenvalue weighted by Crippen LogP contribution is -2.30. The molecule has 0 N–H and O–H groups in total. The quantitative estimate of drug-likeness (QED) is 0.801. The van der Waals surface area contributed by atoms with Gasteiger partial charge < -0.3 is 9.47 Å². The number of ether oxygens (including phenoxy) is 2. The Morgan fingerprint density at radius 1 is 1.16 bits per heavy atom. The molecule has 2 heterocycles. The molecule has 2 aromatic rings. The molecule has 2 unspecified atom stereocenters. The molecule has 0 saturated carbocycles. The molecule has 1 fully saturated rings. The molecule has 0 aliphatic carbocycles. The van der Waals surface area contributed by atoms with E-state index in [2.05, 4.69) is 42.5 Å².